The monoisotopic (exact) mass is 390 g/mol. The second-order valence-electron chi connectivity index (χ2n) is 5.16. The highest BCUT2D eigenvalue weighted by Crippen LogP contribution is 2.12. The van der Waals surface area contributed by atoms with Gasteiger partial charge in [-0.15, -0.1) is 0 Å². The van der Waals surface area contributed by atoms with Gasteiger partial charge in [0.1, 0.15) is 30.5 Å². The molecule has 25 heavy (non-hydrogen) atoms. The number of aliphatic hydroxyl groups is 6. The Hall–Kier alpha value is -1.11. The van der Waals surface area contributed by atoms with E-state index in [0.717, 1.165) is 11.8 Å². The average Bonchev–Trinajstić information content (AvgIpc) is 2.64. The van der Waals surface area contributed by atoms with Crippen molar-refractivity contribution in [1.29, 1.82) is 0 Å². The van der Waals surface area contributed by atoms with Gasteiger partial charge >= 0.3 is 0 Å². The highest BCUT2D eigenvalue weighted by Gasteiger charge is 2.33. The first-order valence-corrected chi connectivity index (χ1v) is 8.77. The zero-order valence-corrected chi connectivity index (χ0v) is 14.8. The Balaban J connectivity index is 2.39. The molecule has 5 atom stereocenters. The second-order valence-corrected chi connectivity index (χ2v) is 6.82. The van der Waals surface area contributed by atoms with Crippen LogP contribution in [0.4, 0.5) is 0 Å². The number of thiocarbonyl (C=S) groups is 1. The van der Waals surface area contributed by atoms with Gasteiger partial charge in [-0.05, 0) is 5.56 Å². The van der Waals surface area contributed by atoms with Crippen LogP contribution in [0.5, 0.6) is 0 Å². The Morgan fingerprint density at radius 3 is 2.32 bits per heavy atom. The molecule has 0 aromatic heterocycles. The average molecular weight is 390 g/mol. The van der Waals surface area contributed by atoms with E-state index in [9.17, 15) is 25.5 Å². The molecule has 0 fully saturated rings. The summed E-state index contributed by atoms with van der Waals surface area (Å²) in [6.07, 6.45) is -7.87. The van der Waals surface area contributed by atoms with E-state index in [2.05, 4.69) is 10.5 Å². The van der Waals surface area contributed by atoms with Gasteiger partial charge in [-0.3, -0.25) is 5.43 Å². The summed E-state index contributed by atoms with van der Waals surface area (Å²) in [4.78, 5) is 0. The lowest BCUT2D eigenvalue weighted by Crippen LogP contribution is -2.50. The SMILES string of the molecule is OC[C@@H](O)[C@H](O)[C@H](O)[C@H](O)[C@H](O)/C=N/NC(=S)SCc1ccccc1. The molecule has 0 spiro atoms. The van der Waals surface area contributed by atoms with Crippen LogP contribution in [0.15, 0.2) is 35.4 Å². The van der Waals surface area contributed by atoms with Gasteiger partial charge in [-0.25, -0.2) is 0 Å². The number of hydrogen-bond donors (Lipinski definition) is 7. The van der Waals surface area contributed by atoms with E-state index in [1.807, 2.05) is 30.3 Å². The Bertz CT molecular complexity index is 548. The predicted octanol–water partition coefficient (Wildman–Crippen LogP) is -1.42. The smallest absolute Gasteiger partial charge is 0.154 e. The summed E-state index contributed by atoms with van der Waals surface area (Å²) in [5.74, 6) is 0.636. The highest BCUT2D eigenvalue weighted by molar-refractivity contribution is 8.22. The number of aliphatic hydroxyl groups excluding tert-OH is 6. The van der Waals surface area contributed by atoms with Crippen LogP contribution in [-0.2, 0) is 5.75 Å². The van der Waals surface area contributed by atoms with Gasteiger partial charge in [0.05, 0.1) is 12.8 Å². The molecule has 1 aromatic rings. The van der Waals surface area contributed by atoms with E-state index >= 15 is 0 Å². The quantitative estimate of drug-likeness (QED) is 0.153. The Morgan fingerprint density at radius 1 is 1.08 bits per heavy atom. The Kier molecular flexibility index (Phi) is 10.1. The van der Waals surface area contributed by atoms with E-state index in [-0.39, 0.29) is 0 Å². The molecular weight excluding hydrogens is 368 g/mol. The molecule has 0 aliphatic carbocycles. The first kappa shape index (κ1) is 21.9. The minimum atomic E-state index is -1.87. The van der Waals surface area contributed by atoms with E-state index in [0.29, 0.717) is 10.1 Å². The summed E-state index contributed by atoms with van der Waals surface area (Å²) >= 11 is 6.38. The fourth-order valence-corrected chi connectivity index (χ4v) is 2.59. The molecule has 1 rings (SSSR count). The van der Waals surface area contributed by atoms with Crippen LogP contribution >= 0.6 is 24.0 Å². The summed E-state index contributed by atoms with van der Waals surface area (Å²) in [6, 6.07) is 9.64. The largest absolute Gasteiger partial charge is 0.394 e. The standard InChI is InChI=1S/C15H22N2O6S2/c18-7-11(20)13(22)14(23)12(21)10(19)6-16-17-15(24)25-8-9-4-2-1-3-5-9/h1-6,10-14,18-23H,7-8H2,(H,17,24)/b16-6+/t10-,11-,12-,13+,14-/m1/s1. The molecular formula is C15H22N2O6S2. The van der Waals surface area contributed by atoms with Crippen LogP contribution in [0.1, 0.15) is 5.56 Å². The molecule has 0 amide bonds. The van der Waals surface area contributed by atoms with E-state index < -0.39 is 37.1 Å². The number of hydrogen-bond acceptors (Lipinski definition) is 9. The van der Waals surface area contributed by atoms with Crippen LogP contribution in [0.3, 0.4) is 0 Å². The molecule has 0 saturated heterocycles. The zero-order chi connectivity index (χ0) is 18.8. The van der Waals surface area contributed by atoms with Crippen molar-refractivity contribution in [3.63, 3.8) is 0 Å². The Morgan fingerprint density at radius 2 is 1.72 bits per heavy atom. The summed E-state index contributed by atoms with van der Waals surface area (Å²) in [7, 11) is 0. The number of nitrogens with one attached hydrogen (secondary N) is 1. The van der Waals surface area contributed by atoms with Crippen LogP contribution < -0.4 is 5.43 Å². The van der Waals surface area contributed by atoms with Crippen molar-refractivity contribution < 1.29 is 30.6 Å². The normalized spacial score (nSPS) is 17.7. The number of benzene rings is 1. The lowest BCUT2D eigenvalue weighted by atomic mass is 10.00. The van der Waals surface area contributed by atoms with Gasteiger partial charge in [0.25, 0.3) is 0 Å². The minimum absolute atomic E-state index is 0.345. The number of rotatable bonds is 9. The highest BCUT2D eigenvalue weighted by atomic mass is 32.2. The maximum absolute atomic E-state index is 9.71. The lowest BCUT2D eigenvalue weighted by molar-refractivity contribution is -0.130. The van der Waals surface area contributed by atoms with E-state index in [1.165, 1.54) is 11.8 Å². The van der Waals surface area contributed by atoms with Gasteiger partial charge in [-0.1, -0.05) is 54.3 Å². The molecule has 7 N–H and O–H groups in total. The summed E-state index contributed by atoms with van der Waals surface area (Å²) in [5, 5.41) is 60.1. The molecule has 8 nitrogen and oxygen atoms in total. The summed E-state index contributed by atoms with van der Waals surface area (Å²) < 4.78 is 0.345. The number of hydrazone groups is 1. The summed E-state index contributed by atoms with van der Waals surface area (Å²) in [5.41, 5.74) is 3.58. The molecule has 1 aromatic carbocycles. The molecule has 0 heterocycles. The van der Waals surface area contributed by atoms with Crippen molar-refractivity contribution in [3.8, 4) is 0 Å². The van der Waals surface area contributed by atoms with Crippen molar-refractivity contribution in [2.45, 2.75) is 36.3 Å². The van der Waals surface area contributed by atoms with Gasteiger partial charge in [0.15, 0.2) is 4.32 Å². The molecule has 0 aliphatic rings. The first-order valence-electron chi connectivity index (χ1n) is 7.38. The van der Waals surface area contributed by atoms with Gasteiger partial charge in [-0.2, -0.15) is 5.10 Å². The lowest BCUT2D eigenvalue weighted by Gasteiger charge is -2.26. The van der Waals surface area contributed by atoms with Crippen LogP contribution in [0, 0.1) is 0 Å². The van der Waals surface area contributed by atoms with Crippen molar-refractivity contribution in [2.75, 3.05) is 6.61 Å². The molecule has 0 saturated carbocycles. The van der Waals surface area contributed by atoms with E-state index in [4.69, 9.17) is 17.3 Å². The second kappa shape index (κ2) is 11.5. The molecule has 0 bridgehead atoms. The van der Waals surface area contributed by atoms with Crippen molar-refractivity contribution in [1.82, 2.24) is 5.43 Å². The Labute approximate surface area is 154 Å². The van der Waals surface area contributed by atoms with Crippen LogP contribution in [-0.4, -0.2) is 78.3 Å². The van der Waals surface area contributed by atoms with Gasteiger partial charge in [0, 0.05) is 5.75 Å². The molecule has 10 heteroatoms. The van der Waals surface area contributed by atoms with Crippen LogP contribution in [0.2, 0.25) is 0 Å². The maximum atomic E-state index is 9.71. The minimum Gasteiger partial charge on any atom is -0.394 e. The number of thioether (sulfide) groups is 1. The van der Waals surface area contributed by atoms with Crippen LogP contribution in [0.25, 0.3) is 0 Å². The van der Waals surface area contributed by atoms with E-state index in [1.54, 1.807) is 0 Å². The van der Waals surface area contributed by atoms with Crippen molar-refractivity contribution in [3.05, 3.63) is 35.9 Å². The molecule has 0 unspecified atom stereocenters. The molecule has 0 radical (unpaired) electrons. The maximum Gasteiger partial charge on any atom is 0.154 e. The third-order valence-electron chi connectivity index (χ3n) is 3.23. The molecule has 0 aliphatic heterocycles. The van der Waals surface area contributed by atoms with Gasteiger partial charge in [0.2, 0.25) is 0 Å². The first-order chi connectivity index (χ1) is 11.9. The molecule has 140 valence electrons. The fraction of sp³-hybridized carbons (Fsp3) is 0.467. The zero-order valence-electron chi connectivity index (χ0n) is 13.2. The topological polar surface area (TPSA) is 146 Å². The van der Waals surface area contributed by atoms with Gasteiger partial charge < -0.3 is 30.6 Å². The van der Waals surface area contributed by atoms with Crippen molar-refractivity contribution in [2.24, 2.45) is 5.10 Å². The predicted molar refractivity (Wildman–Crippen MR) is 99.1 cm³/mol. The summed E-state index contributed by atoms with van der Waals surface area (Å²) in [6.45, 7) is -0.802. The third kappa shape index (κ3) is 7.75. The third-order valence-corrected chi connectivity index (χ3v) is 4.50. The van der Waals surface area contributed by atoms with Crippen molar-refractivity contribution >= 4 is 34.5 Å². The fourth-order valence-electron chi connectivity index (χ4n) is 1.75. The number of nitrogens with zero attached hydrogens (tertiary/aromatic N) is 1.